The van der Waals surface area contributed by atoms with Gasteiger partial charge in [-0.2, -0.15) is 4.98 Å². The molecule has 0 atom stereocenters. The van der Waals surface area contributed by atoms with Crippen molar-refractivity contribution in [2.45, 2.75) is 13.8 Å². The Kier molecular flexibility index (Phi) is 4.55. The third-order valence-corrected chi connectivity index (χ3v) is 2.32. The van der Waals surface area contributed by atoms with Gasteiger partial charge in [0.05, 0.1) is 6.61 Å². The summed E-state index contributed by atoms with van der Waals surface area (Å²) < 4.78 is 11.0. The van der Waals surface area contributed by atoms with Crippen molar-refractivity contribution in [1.82, 2.24) is 9.97 Å². The number of nitrogens with zero attached hydrogens (tertiary/aromatic N) is 2. The van der Waals surface area contributed by atoms with E-state index in [9.17, 15) is 0 Å². The van der Waals surface area contributed by atoms with Crippen molar-refractivity contribution in [2.24, 2.45) is 0 Å². The highest BCUT2D eigenvalue weighted by Crippen LogP contribution is 2.22. The number of aromatic nitrogens is 2. The average Bonchev–Trinajstić information content (AvgIpc) is 2.42. The van der Waals surface area contributed by atoms with E-state index < -0.39 is 0 Å². The summed E-state index contributed by atoms with van der Waals surface area (Å²) in [5, 5.41) is 3.04. The molecule has 5 nitrogen and oxygen atoms in total. The van der Waals surface area contributed by atoms with Crippen LogP contribution in [0.2, 0.25) is 0 Å². The second-order valence-corrected chi connectivity index (χ2v) is 3.76. The summed E-state index contributed by atoms with van der Waals surface area (Å²) in [6.07, 6.45) is 1.66. The zero-order valence-electron chi connectivity index (χ0n) is 11.1. The fraction of sp³-hybridized carbons (Fsp3) is 0.286. The summed E-state index contributed by atoms with van der Waals surface area (Å²) in [6, 6.07) is 9.15. The van der Waals surface area contributed by atoms with Crippen LogP contribution in [-0.4, -0.2) is 23.1 Å². The average molecular weight is 259 g/mol. The minimum atomic E-state index is 0.509. The Morgan fingerprint density at radius 2 is 1.79 bits per heavy atom. The predicted octanol–water partition coefficient (Wildman–Crippen LogP) is 3.10. The van der Waals surface area contributed by atoms with E-state index in [4.69, 9.17) is 9.47 Å². The second kappa shape index (κ2) is 6.58. The van der Waals surface area contributed by atoms with Gasteiger partial charge in [0, 0.05) is 18.8 Å². The number of hydrogen-bond acceptors (Lipinski definition) is 5. The minimum absolute atomic E-state index is 0.509. The van der Waals surface area contributed by atoms with E-state index in [0.717, 1.165) is 12.3 Å². The zero-order chi connectivity index (χ0) is 13.5. The molecule has 2 rings (SSSR count). The summed E-state index contributed by atoms with van der Waals surface area (Å²) in [5.41, 5.74) is 0. The van der Waals surface area contributed by atoms with Gasteiger partial charge >= 0.3 is 0 Å². The van der Waals surface area contributed by atoms with Crippen molar-refractivity contribution in [3.05, 3.63) is 36.5 Å². The molecule has 100 valence electrons. The molecule has 0 bridgehead atoms. The first-order valence-electron chi connectivity index (χ1n) is 6.29. The first-order chi connectivity index (χ1) is 9.31. The van der Waals surface area contributed by atoms with Crippen LogP contribution < -0.4 is 14.8 Å². The summed E-state index contributed by atoms with van der Waals surface area (Å²) in [5.74, 6) is 2.61. The molecule has 1 heterocycles. The Bertz CT molecular complexity index is 514. The van der Waals surface area contributed by atoms with Gasteiger partial charge in [0.15, 0.2) is 0 Å². The molecule has 5 heteroatoms. The number of anilines is 1. The highest BCUT2D eigenvalue weighted by Gasteiger charge is 2.01. The monoisotopic (exact) mass is 259 g/mol. The van der Waals surface area contributed by atoms with E-state index in [0.29, 0.717) is 24.2 Å². The molecule has 0 amide bonds. The first kappa shape index (κ1) is 13.1. The van der Waals surface area contributed by atoms with Crippen LogP contribution in [-0.2, 0) is 0 Å². The molecule has 0 spiro atoms. The standard InChI is InChI=1S/C14H17N3O2/c1-3-15-14-16-10-9-13(17-14)19-12-7-5-11(6-8-12)18-4-2/h5-10H,3-4H2,1-2H3,(H,15,16,17). The van der Waals surface area contributed by atoms with E-state index in [-0.39, 0.29) is 0 Å². The number of benzene rings is 1. The van der Waals surface area contributed by atoms with Crippen molar-refractivity contribution >= 4 is 5.95 Å². The van der Waals surface area contributed by atoms with E-state index in [1.54, 1.807) is 12.3 Å². The molecule has 0 aliphatic carbocycles. The van der Waals surface area contributed by atoms with Gasteiger partial charge in [0.1, 0.15) is 11.5 Å². The fourth-order valence-electron chi connectivity index (χ4n) is 1.53. The molecule has 0 radical (unpaired) electrons. The Balaban J connectivity index is 2.05. The van der Waals surface area contributed by atoms with Crippen molar-refractivity contribution < 1.29 is 9.47 Å². The van der Waals surface area contributed by atoms with Gasteiger partial charge in [-0.15, -0.1) is 0 Å². The molecule has 0 aliphatic rings. The van der Waals surface area contributed by atoms with Crippen molar-refractivity contribution in [3.63, 3.8) is 0 Å². The molecule has 0 fully saturated rings. The van der Waals surface area contributed by atoms with Crippen LogP contribution in [0.25, 0.3) is 0 Å². The van der Waals surface area contributed by atoms with Crippen molar-refractivity contribution in [2.75, 3.05) is 18.5 Å². The highest BCUT2D eigenvalue weighted by atomic mass is 16.5. The Morgan fingerprint density at radius 3 is 2.47 bits per heavy atom. The highest BCUT2D eigenvalue weighted by molar-refractivity contribution is 5.35. The lowest BCUT2D eigenvalue weighted by atomic mass is 10.3. The molecular weight excluding hydrogens is 242 g/mol. The SMILES string of the molecule is CCNc1nccc(Oc2ccc(OCC)cc2)n1. The molecule has 1 N–H and O–H groups in total. The lowest BCUT2D eigenvalue weighted by Crippen LogP contribution is -2.02. The molecule has 2 aromatic rings. The Hall–Kier alpha value is -2.30. The third kappa shape index (κ3) is 3.84. The molecule has 0 saturated carbocycles. The van der Waals surface area contributed by atoms with Gasteiger partial charge in [-0.3, -0.25) is 0 Å². The second-order valence-electron chi connectivity index (χ2n) is 3.76. The minimum Gasteiger partial charge on any atom is -0.494 e. The van der Waals surface area contributed by atoms with Gasteiger partial charge < -0.3 is 14.8 Å². The molecule has 0 unspecified atom stereocenters. The fourth-order valence-corrected chi connectivity index (χ4v) is 1.53. The predicted molar refractivity (Wildman–Crippen MR) is 73.9 cm³/mol. The lowest BCUT2D eigenvalue weighted by molar-refractivity contribution is 0.339. The Morgan fingerprint density at radius 1 is 1.05 bits per heavy atom. The summed E-state index contributed by atoms with van der Waals surface area (Å²) in [4.78, 5) is 8.33. The summed E-state index contributed by atoms with van der Waals surface area (Å²) in [7, 11) is 0. The van der Waals surface area contributed by atoms with E-state index in [1.165, 1.54) is 0 Å². The van der Waals surface area contributed by atoms with Crippen LogP contribution >= 0.6 is 0 Å². The molecule has 0 saturated heterocycles. The van der Waals surface area contributed by atoms with Gasteiger partial charge in [-0.1, -0.05) is 0 Å². The molecule has 1 aromatic heterocycles. The summed E-state index contributed by atoms with van der Waals surface area (Å²) in [6.45, 7) is 5.36. The van der Waals surface area contributed by atoms with Crippen LogP contribution in [0.5, 0.6) is 17.4 Å². The summed E-state index contributed by atoms with van der Waals surface area (Å²) >= 11 is 0. The van der Waals surface area contributed by atoms with Gasteiger partial charge in [0.25, 0.3) is 0 Å². The van der Waals surface area contributed by atoms with Gasteiger partial charge in [-0.05, 0) is 38.1 Å². The van der Waals surface area contributed by atoms with Crippen molar-refractivity contribution in [3.8, 4) is 17.4 Å². The van der Waals surface area contributed by atoms with Crippen molar-refractivity contribution in [1.29, 1.82) is 0 Å². The van der Waals surface area contributed by atoms with Crippen LogP contribution in [0.15, 0.2) is 36.5 Å². The van der Waals surface area contributed by atoms with E-state index >= 15 is 0 Å². The van der Waals surface area contributed by atoms with E-state index in [2.05, 4.69) is 15.3 Å². The van der Waals surface area contributed by atoms with Crippen LogP contribution in [0.3, 0.4) is 0 Å². The number of rotatable bonds is 6. The topological polar surface area (TPSA) is 56.3 Å². The Labute approximate surface area is 112 Å². The number of nitrogens with one attached hydrogen (secondary N) is 1. The zero-order valence-corrected chi connectivity index (χ0v) is 11.1. The molecular formula is C14H17N3O2. The van der Waals surface area contributed by atoms with Crippen LogP contribution in [0, 0.1) is 0 Å². The smallest absolute Gasteiger partial charge is 0.225 e. The third-order valence-electron chi connectivity index (χ3n) is 2.32. The van der Waals surface area contributed by atoms with Gasteiger partial charge in [-0.25, -0.2) is 4.98 Å². The maximum atomic E-state index is 5.65. The normalized spacial score (nSPS) is 10.0. The van der Waals surface area contributed by atoms with Crippen LogP contribution in [0.4, 0.5) is 5.95 Å². The first-order valence-corrected chi connectivity index (χ1v) is 6.29. The van der Waals surface area contributed by atoms with Crippen LogP contribution in [0.1, 0.15) is 13.8 Å². The lowest BCUT2D eigenvalue weighted by Gasteiger charge is -2.07. The largest absolute Gasteiger partial charge is 0.494 e. The van der Waals surface area contributed by atoms with E-state index in [1.807, 2.05) is 38.1 Å². The molecule has 1 aromatic carbocycles. The number of hydrogen-bond donors (Lipinski definition) is 1. The number of ether oxygens (including phenoxy) is 2. The molecule has 0 aliphatic heterocycles. The molecule has 19 heavy (non-hydrogen) atoms. The van der Waals surface area contributed by atoms with Gasteiger partial charge in [0.2, 0.25) is 11.8 Å². The maximum absolute atomic E-state index is 5.65. The quantitative estimate of drug-likeness (QED) is 0.863. The maximum Gasteiger partial charge on any atom is 0.225 e.